The maximum Gasteiger partial charge on any atom is 0.323 e. The number of rotatable bonds is 7. The van der Waals surface area contributed by atoms with Gasteiger partial charge < -0.3 is 9.52 Å². The Kier molecular flexibility index (Phi) is 4.90. The van der Waals surface area contributed by atoms with Gasteiger partial charge in [0, 0.05) is 11.8 Å². The van der Waals surface area contributed by atoms with Crippen LogP contribution in [0, 0.1) is 0 Å². The number of thioether (sulfide) groups is 1. The third-order valence-electron chi connectivity index (χ3n) is 3.18. The van der Waals surface area contributed by atoms with Gasteiger partial charge in [0.2, 0.25) is 0 Å². The summed E-state index contributed by atoms with van der Waals surface area (Å²) in [7, 11) is 0. The molecule has 0 amide bonds. The molecule has 1 atom stereocenters. The average Bonchev–Trinajstić information content (AvgIpc) is 2.80. The first-order chi connectivity index (χ1) is 9.90. The molecule has 0 radical (unpaired) electrons. The van der Waals surface area contributed by atoms with Crippen LogP contribution < -0.4 is 5.32 Å². The molecule has 114 valence electrons. The van der Waals surface area contributed by atoms with Crippen molar-refractivity contribution >= 4 is 28.8 Å². The lowest BCUT2D eigenvalue weighted by atomic mass is 9.98. The molecule has 0 saturated heterocycles. The van der Waals surface area contributed by atoms with Crippen LogP contribution in [0.5, 0.6) is 0 Å². The number of para-hydroxylation sites is 2. The van der Waals surface area contributed by atoms with Crippen molar-refractivity contribution in [1.29, 1.82) is 0 Å². The van der Waals surface area contributed by atoms with Gasteiger partial charge in [-0.25, -0.2) is 4.98 Å². The lowest BCUT2D eigenvalue weighted by molar-refractivity contribution is -0.144. The van der Waals surface area contributed by atoms with E-state index in [0.717, 1.165) is 11.1 Å². The van der Waals surface area contributed by atoms with Crippen LogP contribution in [0.4, 0.5) is 0 Å². The number of hydrogen-bond acceptors (Lipinski definition) is 5. The highest BCUT2D eigenvalue weighted by Crippen LogP contribution is 2.25. The van der Waals surface area contributed by atoms with Gasteiger partial charge in [-0.05, 0) is 39.3 Å². The monoisotopic (exact) mass is 308 g/mol. The van der Waals surface area contributed by atoms with Gasteiger partial charge in [-0.1, -0.05) is 23.9 Å². The molecule has 2 rings (SSSR count). The van der Waals surface area contributed by atoms with Crippen molar-refractivity contribution in [3.05, 3.63) is 24.3 Å². The largest absolute Gasteiger partial charge is 0.480 e. The van der Waals surface area contributed by atoms with E-state index in [9.17, 15) is 9.90 Å². The fourth-order valence-electron chi connectivity index (χ4n) is 2.13. The Morgan fingerprint density at radius 3 is 2.81 bits per heavy atom. The fourth-order valence-corrected chi connectivity index (χ4v) is 3.13. The second-order valence-electron chi connectivity index (χ2n) is 5.48. The third-order valence-corrected chi connectivity index (χ3v) is 4.01. The number of aromatic nitrogens is 1. The molecular formula is C15H20N2O3S. The summed E-state index contributed by atoms with van der Waals surface area (Å²) < 4.78 is 5.61. The quantitative estimate of drug-likeness (QED) is 0.765. The maximum absolute atomic E-state index is 11.4. The van der Waals surface area contributed by atoms with Crippen LogP contribution in [0.15, 0.2) is 33.9 Å². The number of carboxylic acids is 1. The Labute approximate surface area is 128 Å². The average molecular weight is 308 g/mol. The Hall–Kier alpha value is -1.53. The van der Waals surface area contributed by atoms with Gasteiger partial charge in [0.1, 0.15) is 11.1 Å². The Balaban J connectivity index is 1.97. The van der Waals surface area contributed by atoms with Crippen LogP contribution in [0.1, 0.15) is 27.2 Å². The fraction of sp³-hybridized carbons (Fsp3) is 0.467. The van der Waals surface area contributed by atoms with Gasteiger partial charge in [-0.2, -0.15) is 0 Å². The molecule has 6 heteroatoms. The number of fused-ring (bicyclic) bond motifs is 1. The molecule has 21 heavy (non-hydrogen) atoms. The molecule has 2 aromatic rings. The number of benzene rings is 1. The van der Waals surface area contributed by atoms with E-state index in [1.807, 2.05) is 38.1 Å². The summed E-state index contributed by atoms with van der Waals surface area (Å²) in [6.45, 7) is 5.59. The zero-order valence-electron chi connectivity index (χ0n) is 12.4. The summed E-state index contributed by atoms with van der Waals surface area (Å²) in [5.41, 5.74) is 0.635. The molecule has 1 aromatic heterocycles. The number of hydrogen-bond donors (Lipinski definition) is 2. The Morgan fingerprint density at radius 2 is 2.19 bits per heavy atom. The second-order valence-corrected chi connectivity index (χ2v) is 6.53. The molecule has 1 heterocycles. The lowest BCUT2D eigenvalue weighted by Gasteiger charge is -2.28. The summed E-state index contributed by atoms with van der Waals surface area (Å²) in [6.07, 6.45) is 0.490. The van der Waals surface area contributed by atoms with Crippen molar-refractivity contribution in [3.63, 3.8) is 0 Å². The van der Waals surface area contributed by atoms with Crippen LogP contribution in [-0.2, 0) is 4.79 Å². The summed E-state index contributed by atoms with van der Waals surface area (Å²) in [4.78, 5) is 15.8. The van der Waals surface area contributed by atoms with Gasteiger partial charge in [-0.3, -0.25) is 10.1 Å². The van der Waals surface area contributed by atoms with Crippen molar-refractivity contribution < 1.29 is 14.3 Å². The van der Waals surface area contributed by atoms with E-state index >= 15 is 0 Å². The highest BCUT2D eigenvalue weighted by atomic mass is 32.2. The number of nitrogens with zero attached hydrogens (tertiary/aromatic N) is 1. The molecule has 0 aliphatic heterocycles. The summed E-state index contributed by atoms with van der Waals surface area (Å²) in [5.74, 6) is -0.218. The van der Waals surface area contributed by atoms with E-state index in [0.29, 0.717) is 17.4 Å². The van der Waals surface area contributed by atoms with Crippen LogP contribution in [-0.4, -0.2) is 33.4 Å². The van der Waals surface area contributed by atoms with E-state index < -0.39 is 11.5 Å². The summed E-state index contributed by atoms with van der Waals surface area (Å²) in [5, 5.41) is 13.1. The van der Waals surface area contributed by atoms with Crippen LogP contribution in [0.3, 0.4) is 0 Å². The zero-order chi connectivity index (χ0) is 15.5. The topological polar surface area (TPSA) is 75.4 Å². The zero-order valence-corrected chi connectivity index (χ0v) is 13.2. The van der Waals surface area contributed by atoms with E-state index in [1.165, 1.54) is 11.8 Å². The normalized spacial score (nSPS) is 14.5. The molecule has 0 aliphatic carbocycles. The number of carboxylic acid groups (broad SMARTS) is 1. The van der Waals surface area contributed by atoms with Crippen molar-refractivity contribution in [3.8, 4) is 0 Å². The van der Waals surface area contributed by atoms with Crippen LogP contribution >= 0.6 is 11.8 Å². The number of oxazole rings is 1. The van der Waals surface area contributed by atoms with Crippen LogP contribution in [0.25, 0.3) is 11.1 Å². The van der Waals surface area contributed by atoms with Crippen molar-refractivity contribution in [1.82, 2.24) is 10.3 Å². The van der Waals surface area contributed by atoms with Gasteiger partial charge in [-0.15, -0.1) is 0 Å². The number of nitrogens with one attached hydrogen (secondary N) is 1. The molecule has 0 spiro atoms. The molecule has 5 nitrogen and oxygen atoms in total. The predicted molar refractivity (Wildman–Crippen MR) is 83.7 cm³/mol. The van der Waals surface area contributed by atoms with E-state index in [-0.39, 0.29) is 6.04 Å². The van der Waals surface area contributed by atoms with Gasteiger partial charge in [0.05, 0.1) is 0 Å². The second kappa shape index (κ2) is 6.49. The van der Waals surface area contributed by atoms with Crippen molar-refractivity contribution in [2.24, 2.45) is 0 Å². The third kappa shape index (κ3) is 3.98. The molecule has 0 bridgehead atoms. The minimum atomic E-state index is -0.937. The molecule has 0 aliphatic rings. The minimum absolute atomic E-state index is 0.112. The van der Waals surface area contributed by atoms with Gasteiger partial charge in [0.15, 0.2) is 5.58 Å². The van der Waals surface area contributed by atoms with E-state index in [4.69, 9.17) is 4.42 Å². The molecular weight excluding hydrogens is 288 g/mol. The van der Waals surface area contributed by atoms with E-state index in [1.54, 1.807) is 6.92 Å². The minimum Gasteiger partial charge on any atom is -0.480 e. The molecule has 0 saturated carbocycles. The summed E-state index contributed by atoms with van der Waals surface area (Å²) >= 11 is 1.44. The lowest BCUT2D eigenvalue weighted by Crippen LogP contribution is -2.52. The van der Waals surface area contributed by atoms with E-state index in [2.05, 4.69) is 10.3 Å². The molecule has 0 fully saturated rings. The number of aliphatic carboxylic acids is 1. The SMILES string of the molecule is CC(C)NC(C)(CCSc1nc2ccccc2o1)C(=O)O. The highest BCUT2D eigenvalue weighted by molar-refractivity contribution is 7.99. The van der Waals surface area contributed by atoms with Crippen molar-refractivity contribution in [2.75, 3.05) is 5.75 Å². The first kappa shape index (κ1) is 15.9. The predicted octanol–water partition coefficient (Wildman–Crippen LogP) is 3.15. The van der Waals surface area contributed by atoms with Gasteiger partial charge >= 0.3 is 5.97 Å². The van der Waals surface area contributed by atoms with Gasteiger partial charge in [0.25, 0.3) is 5.22 Å². The standard InChI is InChI=1S/C15H20N2O3S/c1-10(2)17-15(3,13(18)19)8-9-21-14-16-11-6-4-5-7-12(11)20-14/h4-7,10,17H,8-9H2,1-3H3,(H,18,19). The molecule has 1 unspecified atom stereocenters. The molecule has 2 N–H and O–H groups in total. The first-order valence-corrected chi connectivity index (χ1v) is 7.89. The molecule has 1 aromatic carbocycles. The maximum atomic E-state index is 11.4. The smallest absolute Gasteiger partial charge is 0.323 e. The Morgan fingerprint density at radius 1 is 1.48 bits per heavy atom. The van der Waals surface area contributed by atoms with Crippen molar-refractivity contribution in [2.45, 2.75) is 44.0 Å². The highest BCUT2D eigenvalue weighted by Gasteiger charge is 2.33. The first-order valence-electron chi connectivity index (χ1n) is 6.90. The number of carbonyl (C=O) groups is 1. The summed E-state index contributed by atoms with van der Waals surface area (Å²) in [6, 6.07) is 7.68. The van der Waals surface area contributed by atoms with Crippen LogP contribution in [0.2, 0.25) is 0 Å². The Bertz CT molecular complexity index is 593.